The summed E-state index contributed by atoms with van der Waals surface area (Å²) >= 11 is 0. The molecule has 0 aliphatic carbocycles. The molecule has 0 aromatic heterocycles. The summed E-state index contributed by atoms with van der Waals surface area (Å²) in [7, 11) is 0. The van der Waals surface area contributed by atoms with Crippen molar-refractivity contribution >= 4 is 0 Å². The molecule has 3 N–H and O–H groups in total. The molecular formula is C15H25NO2. The van der Waals surface area contributed by atoms with E-state index in [2.05, 4.69) is 38.2 Å². The van der Waals surface area contributed by atoms with E-state index in [0.29, 0.717) is 13.1 Å². The molecular weight excluding hydrogens is 226 g/mol. The minimum Gasteiger partial charge on any atom is -0.392 e. The van der Waals surface area contributed by atoms with Crippen LogP contribution in [0.25, 0.3) is 0 Å². The van der Waals surface area contributed by atoms with Gasteiger partial charge in [-0.15, -0.1) is 0 Å². The fourth-order valence-electron chi connectivity index (χ4n) is 1.75. The fraction of sp³-hybridized carbons (Fsp3) is 0.600. The van der Waals surface area contributed by atoms with Crippen LogP contribution in [0.2, 0.25) is 0 Å². The Bertz CT molecular complexity index is 352. The van der Waals surface area contributed by atoms with Crippen molar-refractivity contribution in [3.8, 4) is 0 Å². The van der Waals surface area contributed by atoms with Crippen molar-refractivity contribution in [2.75, 3.05) is 13.1 Å². The Hall–Kier alpha value is -0.900. The van der Waals surface area contributed by atoms with E-state index in [4.69, 9.17) is 5.11 Å². The lowest BCUT2D eigenvalue weighted by molar-refractivity contribution is 0.155. The third-order valence-corrected chi connectivity index (χ3v) is 2.94. The summed E-state index contributed by atoms with van der Waals surface area (Å²) in [5.41, 5.74) is 2.30. The van der Waals surface area contributed by atoms with Crippen molar-refractivity contribution in [2.24, 2.45) is 0 Å². The molecule has 0 spiro atoms. The number of aliphatic hydroxyl groups is 2. The molecule has 0 radical (unpaired) electrons. The molecule has 0 saturated carbocycles. The Morgan fingerprint density at radius 2 is 1.61 bits per heavy atom. The number of hydrogen-bond donors (Lipinski definition) is 3. The van der Waals surface area contributed by atoms with E-state index in [1.54, 1.807) is 6.92 Å². The summed E-state index contributed by atoms with van der Waals surface area (Å²) in [5, 5.41) is 22.1. The standard InChI is InChI=1S/C15H25NO2/c1-11(17)9-16-10-14(18)12-5-7-13(8-6-12)15(2,3)4/h5-8,11,14,16-18H,9-10H2,1-4H3. The molecule has 3 nitrogen and oxygen atoms in total. The molecule has 2 atom stereocenters. The van der Waals surface area contributed by atoms with Gasteiger partial charge < -0.3 is 15.5 Å². The second kappa shape index (κ2) is 6.32. The molecule has 1 aromatic rings. The number of rotatable bonds is 5. The van der Waals surface area contributed by atoms with Crippen molar-refractivity contribution in [2.45, 2.75) is 45.3 Å². The monoisotopic (exact) mass is 251 g/mol. The predicted octanol–water partition coefficient (Wildman–Crippen LogP) is 1.99. The Labute approximate surface area is 110 Å². The highest BCUT2D eigenvalue weighted by molar-refractivity contribution is 5.28. The normalized spacial score (nSPS) is 15.4. The third kappa shape index (κ3) is 4.77. The summed E-state index contributed by atoms with van der Waals surface area (Å²) in [4.78, 5) is 0. The smallest absolute Gasteiger partial charge is 0.0914 e. The molecule has 1 rings (SSSR count). The van der Waals surface area contributed by atoms with Crippen molar-refractivity contribution in [1.82, 2.24) is 5.32 Å². The van der Waals surface area contributed by atoms with Crippen LogP contribution in [0.3, 0.4) is 0 Å². The Kier molecular flexibility index (Phi) is 5.32. The molecule has 3 heteroatoms. The topological polar surface area (TPSA) is 52.5 Å². The summed E-state index contributed by atoms with van der Waals surface area (Å²) < 4.78 is 0. The van der Waals surface area contributed by atoms with E-state index < -0.39 is 6.10 Å². The van der Waals surface area contributed by atoms with Crippen LogP contribution >= 0.6 is 0 Å². The van der Waals surface area contributed by atoms with Crippen molar-refractivity contribution in [1.29, 1.82) is 0 Å². The minimum absolute atomic E-state index is 0.133. The summed E-state index contributed by atoms with van der Waals surface area (Å²) in [6, 6.07) is 8.06. The van der Waals surface area contributed by atoms with Crippen molar-refractivity contribution in [3.05, 3.63) is 35.4 Å². The van der Waals surface area contributed by atoms with Crippen LogP contribution in [0.4, 0.5) is 0 Å². The van der Waals surface area contributed by atoms with E-state index in [1.807, 2.05) is 12.1 Å². The minimum atomic E-state index is -0.530. The lowest BCUT2D eigenvalue weighted by Crippen LogP contribution is -2.28. The first kappa shape index (κ1) is 15.2. The second-order valence-electron chi connectivity index (χ2n) is 5.90. The van der Waals surface area contributed by atoms with Crippen LogP contribution in [0.1, 0.15) is 44.9 Å². The largest absolute Gasteiger partial charge is 0.392 e. The Morgan fingerprint density at radius 3 is 2.06 bits per heavy atom. The van der Waals surface area contributed by atoms with Crippen molar-refractivity contribution in [3.63, 3.8) is 0 Å². The van der Waals surface area contributed by atoms with Gasteiger partial charge in [0.1, 0.15) is 0 Å². The number of hydrogen-bond acceptors (Lipinski definition) is 3. The summed E-state index contributed by atoms with van der Waals surface area (Å²) in [6.45, 7) is 9.18. The quantitative estimate of drug-likeness (QED) is 0.750. The van der Waals surface area contributed by atoms with E-state index in [9.17, 15) is 5.11 Å². The highest BCUT2D eigenvalue weighted by Gasteiger charge is 2.14. The lowest BCUT2D eigenvalue weighted by atomic mass is 9.86. The zero-order chi connectivity index (χ0) is 13.8. The molecule has 2 unspecified atom stereocenters. The first-order chi connectivity index (χ1) is 8.30. The molecule has 0 aliphatic rings. The van der Waals surface area contributed by atoms with Crippen LogP contribution in [0.5, 0.6) is 0 Å². The van der Waals surface area contributed by atoms with Gasteiger partial charge in [-0.05, 0) is 23.5 Å². The van der Waals surface area contributed by atoms with Crippen molar-refractivity contribution < 1.29 is 10.2 Å². The molecule has 102 valence electrons. The molecule has 0 fully saturated rings. The second-order valence-corrected chi connectivity index (χ2v) is 5.90. The van der Waals surface area contributed by atoms with Gasteiger partial charge in [-0.1, -0.05) is 45.0 Å². The molecule has 0 heterocycles. The number of nitrogens with one attached hydrogen (secondary N) is 1. The molecule has 1 aromatic carbocycles. The van der Waals surface area contributed by atoms with E-state index in [-0.39, 0.29) is 11.5 Å². The number of benzene rings is 1. The van der Waals surface area contributed by atoms with Gasteiger partial charge in [0.2, 0.25) is 0 Å². The average Bonchev–Trinajstić information content (AvgIpc) is 2.27. The maximum atomic E-state index is 9.98. The van der Waals surface area contributed by atoms with Gasteiger partial charge in [0.25, 0.3) is 0 Å². The maximum Gasteiger partial charge on any atom is 0.0914 e. The Balaban J connectivity index is 2.56. The third-order valence-electron chi connectivity index (χ3n) is 2.94. The van der Waals surface area contributed by atoms with E-state index in [0.717, 1.165) is 5.56 Å². The summed E-state index contributed by atoms with van der Waals surface area (Å²) in [6.07, 6.45) is -0.918. The first-order valence-electron chi connectivity index (χ1n) is 6.48. The van der Waals surface area contributed by atoms with Crippen LogP contribution in [-0.4, -0.2) is 29.4 Å². The SMILES string of the molecule is CC(O)CNCC(O)c1ccc(C(C)(C)C)cc1. The first-order valence-corrected chi connectivity index (χ1v) is 6.48. The van der Waals surface area contributed by atoms with Gasteiger partial charge in [-0.2, -0.15) is 0 Å². The van der Waals surface area contributed by atoms with Gasteiger partial charge in [0.05, 0.1) is 12.2 Å². The van der Waals surface area contributed by atoms with Gasteiger partial charge in [0, 0.05) is 13.1 Å². The van der Waals surface area contributed by atoms with Gasteiger partial charge in [0.15, 0.2) is 0 Å². The fourth-order valence-corrected chi connectivity index (χ4v) is 1.75. The average molecular weight is 251 g/mol. The van der Waals surface area contributed by atoms with E-state index >= 15 is 0 Å². The maximum absolute atomic E-state index is 9.98. The van der Waals surface area contributed by atoms with Gasteiger partial charge >= 0.3 is 0 Å². The molecule has 0 aliphatic heterocycles. The van der Waals surface area contributed by atoms with Crippen LogP contribution < -0.4 is 5.32 Å². The molecule has 0 amide bonds. The van der Waals surface area contributed by atoms with Gasteiger partial charge in [-0.25, -0.2) is 0 Å². The molecule has 18 heavy (non-hydrogen) atoms. The summed E-state index contributed by atoms with van der Waals surface area (Å²) in [5.74, 6) is 0. The van der Waals surface area contributed by atoms with E-state index in [1.165, 1.54) is 5.56 Å². The number of aliphatic hydroxyl groups excluding tert-OH is 2. The predicted molar refractivity (Wildman–Crippen MR) is 74.7 cm³/mol. The lowest BCUT2D eigenvalue weighted by Gasteiger charge is -2.20. The molecule has 0 bridgehead atoms. The van der Waals surface area contributed by atoms with Crippen LogP contribution in [0.15, 0.2) is 24.3 Å². The zero-order valence-corrected chi connectivity index (χ0v) is 11.8. The molecule has 0 saturated heterocycles. The highest BCUT2D eigenvalue weighted by atomic mass is 16.3. The van der Waals surface area contributed by atoms with Gasteiger partial charge in [-0.3, -0.25) is 0 Å². The zero-order valence-electron chi connectivity index (χ0n) is 11.8. The Morgan fingerprint density at radius 1 is 1.06 bits per heavy atom. The highest BCUT2D eigenvalue weighted by Crippen LogP contribution is 2.23. The van der Waals surface area contributed by atoms with Crippen LogP contribution in [-0.2, 0) is 5.41 Å². The van der Waals surface area contributed by atoms with Crippen LogP contribution in [0, 0.1) is 0 Å².